The number of carbonyl (C=O) groups excluding carboxylic acids is 2. The molecule has 2 aliphatic rings. The third-order valence-electron chi connectivity index (χ3n) is 4.96. The number of nitrogens with one attached hydrogen (secondary N) is 1. The predicted octanol–water partition coefficient (Wildman–Crippen LogP) is 2.49. The largest absolute Gasteiger partial charge is 0.377 e. The summed E-state index contributed by atoms with van der Waals surface area (Å²) in [6.45, 7) is 5.17. The van der Waals surface area contributed by atoms with Crippen molar-refractivity contribution in [2.24, 2.45) is 11.8 Å². The summed E-state index contributed by atoms with van der Waals surface area (Å²) >= 11 is 0. The average Bonchev–Trinajstić information content (AvgIpc) is 3.49. The molecule has 1 N–H and O–H groups in total. The van der Waals surface area contributed by atoms with Crippen molar-refractivity contribution in [3.63, 3.8) is 0 Å². The van der Waals surface area contributed by atoms with Crippen molar-refractivity contribution in [2.75, 3.05) is 19.7 Å². The van der Waals surface area contributed by atoms with Gasteiger partial charge < -0.3 is 15.0 Å². The van der Waals surface area contributed by atoms with E-state index in [0.29, 0.717) is 26.3 Å². The molecule has 0 spiro atoms. The van der Waals surface area contributed by atoms with E-state index >= 15 is 0 Å². The third-order valence-corrected chi connectivity index (χ3v) is 4.96. The van der Waals surface area contributed by atoms with Crippen molar-refractivity contribution in [1.29, 1.82) is 0 Å². The quantitative estimate of drug-likeness (QED) is 0.827. The van der Waals surface area contributed by atoms with Gasteiger partial charge in [0.25, 0.3) is 0 Å². The standard InChI is InChI=1S/C20H28N2O3/c1-2-25-14-16-6-3-5-15(11-16)12-21-19(23)18-7-4-10-22(13-18)20(24)17-8-9-17/h3,5-6,11,17-18H,2,4,7-10,12-14H2,1H3,(H,21,23)/t18-/m1/s1. The topological polar surface area (TPSA) is 58.6 Å². The van der Waals surface area contributed by atoms with Crippen LogP contribution in [0.2, 0.25) is 0 Å². The van der Waals surface area contributed by atoms with E-state index in [1.54, 1.807) is 0 Å². The Labute approximate surface area is 149 Å². The average molecular weight is 344 g/mol. The molecule has 3 rings (SSSR count). The number of ether oxygens (including phenoxy) is 1. The Morgan fingerprint density at radius 1 is 1.20 bits per heavy atom. The van der Waals surface area contributed by atoms with Crippen LogP contribution in [0, 0.1) is 11.8 Å². The van der Waals surface area contributed by atoms with Crippen molar-refractivity contribution in [2.45, 2.75) is 45.8 Å². The van der Waals surface area contributed by atoms with Gasteiger partial charge >= 0.3 is 0 Å². The molecule has 1 aromatic rings. The van der Waals surface area contributed by atoms with E-state index in [-0.39, 0.29) is 23.7 Å². The fourth-order valence-corrected chi connectivity index (χ4v) is 3.36. The summed E-state index contributed by atoms with van der Waals surface area (Å²) in [5, 5.41) is 3.04. The number of benzene rings is 1. The molecule has 5 heteroatoms. The molecule has 0 unspecified atom stereocenters. The lowest BCUT2D eigenvalue weighted by atomic mass is 9.96. The highest BCUT2D eigenvalue weighted by molar-refractivity contribution is 5.83. The zero-order chi connectivity index (χ0) is 17.6. The summed E-state index contributed by atoms with van der Waals surface area (Å²) in [6.07, 6.45) is 3.82. The second-order valence-electron chi connectivity index (χ2n) is 7.07. The van der Waals surface area contributed by atoms with Crippen LogP contribution in [0.5, 0.6) is 0 Å². The number of rotatable bonds is 7. The van der Waals surface area contributed by atoms with Crippen LogP contribution < -0.4 is 5.32 Å². The van der Waals surface area contributed by atoms with E-state index in [1.807, 2.05) is 30.0 Å². The summed E-state index contributed by atoms with van der Waals surface area (Å²) in [4.78, 5) is 26.6. The van der Waals surface area contributed by atoms with E-state index in [4.69, 9.17) is 4.74 Å². The van der Waals surface area contributed by atoms with Crippen LogP contribution >= 0.6 is 0 Å². The molecule has 1 saturated heterocycles. The zero-order valence-corrected chi connectivity index (χ0v) is 15.0. The molecule has 0 aromatic heterocycles. The molecule has 0 radical (unpaired) electrons. The van der Waals surface area contributed by atoms with Crippen molar-refractivity contribution < 1.29 is 14.3 Å². The molecule has 1 aromatic carbocycles. The van der Waals surface area contributed by atoms with E-state index in [2.05, 4.69) is 11.4 Å². The highest BCUT2D eigenvalue weighted by atomic mass is 16.5. The van der Waals surface area contributed by atoms with Gasteiger partial charge in [-0.1, -0.05) is 24.3 Å². The molecule has 1 atom stereocenters. The van der Waals surface area contributed by atoms with Gasteiger partial charge in [-0.3, -0.25) is 9.59 Å². The van der Waals surface area contributed by atoms with E-state index in [1.165, 1.54) is 0 Å². The van der Waals surface area contributed by atoms with Gasteiger partial charge in [-0.15, -0.1) is 0 Å². The first-order valence-corrected chi connectivity index (χ1v) is 9.39. The molecule has 25 heavy (non-hydrogen) atoms. The van der Waals surface area contributed by atoms with Gasteiger partial charge in [-0.25, -0.2) is 0 Å². The Kier molecular flexibility index (Phi) is 6.08. The van der Waals surface area contributed by atoms with Gasteiger partial charge in [0.2, 0.25) is 11.8 Å². The van der Waals surface area contributed by atoms with Crippen LogP contribution in [0.25, 0.3) is 0 Å². The summed E-state index contributed by atoms with van der Waals surface area (Å²) in [5.41, 5.74) is 2.19. The highest BCUT2D eigenvalue weighted by Gasteiger charge is 2.36. The van der Waals surface area contributed by atoms with Crippen molar-refractivity contribution in [3.05, 3.63) is 35.4 Å². The predicted molar refractivity (Wildman–Crippen MR) is 95.6 cm³/mol. The van der Waals surface area contributed by atoms with E-state index in [0.717, 1.165) is 43.4 Å². The SMILES string of the molecule is CCOCc1cccc(CNC(=O)[C@@H]2CCCN(C(=O)C3CC3)C2)c1. The van der Waals surface area contributed by atoms with Gasteiger partial charge in [0.05, 0.1) is 12.5 Å². The van der Waals surface area contributed by atoms with Crippen molar-refractivity contribution >= 4 is 11.8 Å². The fraction of sp³-hybridized carbons (Fsp3) is 0.600. The van der Waals surface area contributed by atoms with Gasteiger partial charge in [0, 0.05) is 32.2 Å². The lowest BCUT2D eigenvalue weighted by Crippen LogP contribution is -2.45. The van der Waals surface area contributed by atoms with Crippen LogP contribution in [0.15, 0.2) is 24.3 Å². The number of hydrogen-bond acceptors (Lipinski definition) is 3. The molecule has 2 amide bonds. The maximum absolute atomic E-state index is 12.5. The Balaban J connectivity index is 1.49. The molecule has 5 nitrogen and oxygen atoms in total. The van der Waals surface area contributed by atoms with E-state index < -0.39 is 0 Å². The van der Waals surface area contributed by atoms with Gasteiger partial charge in [-0.2, -0.15) is 0 Å². The molecule has 136 valence electrons. The number of likely N-dealkylation sites (tertiary alicyclic amines) is 1. The minimum absolute atomic E-state index is 0.0588. The first-order chi connectivity index (χ1) is 12.2. The van der Waals surface area contributed by atoms with Crippen LogP contribution in [-0.4, -0.2) is 36.4 Å². The van der Waals surface area contributed by atoms with Gasteiger partial charge in [0.1, 0.15) is 0 Å². The Bertz CT molecular complexity index is 613. The Morgan fingerprint density at radius 2 is 2.00 bits per heavy atom. The fourth-order valence-electron chi connectivity index (χ4n) is 3.36. The smallest absolute Gasteiger partial charge is 0.225 e. The molecular weight excluding hydrogens is 316 g/mol. The lowest BCUT2D eigenvalue weighted by Gasteiger charge is -2.32. The van der Waals surface area contributed by atoms with Gasteiger partial charge in [0.15, 0.2) is 0 Å². The lowest BCUT2D eigenvalue weighted by molar-refractivity contribution is -0.136. The highest BCUT2D eigenvalue weighted by Crippen LogP contribution is 2.32. The number of hydrogen-bond donors (Lipinski definition) is 1. The van der Waals surface area contributed by atoms with Crippen LogP contribution in [0.3, 0.4) is 0 Å². The third kappa shape index (κ3) is 5.05. The minimum Gasteiger partial charge on any atom is -0.377 e. The molecule has 1 aliphatic heterocycles. The molecule has 1 heterocycles. The molecule has 2 fully saturated rings. The summed E-state index contributed by atoms with van der Waals surface area (Å²) in [5.74, 6) is 0.461. The second kappa shape index (κ2) is 8.48. The molecule has 1 saturated carbocycles. The summed E-state index contributed by atoms with van der Waals surface area (Å²) in [7, 11) is 0. The van der Waals surface area contributed by atoms with Crippen LogP contribution in [0.4, 0.5) is 0 Å². The first-order valence-electron chi connectivity index (χ1n) is 9.39. The van der Waals surface area contributed by atoms with Crippen LogP contribution in [0.1, 0.15) is 43.7 Å². The number of amides is 2. The maximum atomic E-state index is 12.5. The van der Waals surface area contributed by atoms with Crippen molar-refractivity contribution in [1.82, 2.24) is 10.2 Å². The maximum Gasteiger partial charge on any atom is 0.225 e. The summed E-state index contributed by atoms with van der Waals surface area (Å²) < 4.78 is 5.43. The number of carbonyl (C=O) groups is 2. The number of nitrogens with zero attached hydrogens (tertiary/aromatic N) is 1. The normalized spacial score (nSPS) is 20.4. The zero-order valence-electron chi connectivity index (χ0n) is 15.0. The molecule has 1 aliphatic carbocycles. The van der Waals surface area contributed by atoms with E-state index in [9.17, 15) is 9.59 Å². The summed E-state index contributed by atoms with van der Waals surface area (Å²) in [6, 6.07) is 8.11. The van der Waals surface area contributed by atoms with Crippen LogP contribution in [-0.2, 0) is 27.5 Å². The number of piperidine rings is 1. The molecular formula is C20H28N2O3. The van der Waals surface area contributed by atoms with Crippen molar-refractivity contribution in [3.8, 4) is 0 Å². The Hall–Kier alpha value is -1.88. The molecule has 0 bridgehead atoms. The second-order valence-corrected chi connectivity index (χ2v) is 7.07. The monoisotopic (exact) mass is 344 g/mol. The minimum atomic E-state index is -0.0805. The van der Waals surface area contributed by atoms with Gasteiger partial charge in [-0.05, 0) is 43.7 Å². The Morgan fingerprint density at radius 3 is 2.76 bits per heavy atom. The first kappa shape index (κ1) is 17.9.